The summed E-state index contributed by atoms with van der Waals surface area (Å²) >= 11 is 6.28. The Morgan fingerprint density at radius 2 is 1.89 bits per heavy atom. The van der Waals surface area contributed by atoms with E-state index < -0.39 is 6.10 Å². The van der Waals surface area contributed by atoms with Gasteiger partial charge in [0.05, 0.1) is 18.6 Å². The Kier molecular flexibility index (Phi) is 4.57. The van der Waals surface area contributed by atoms with E-state index in [-0.39, 0.29) is 6.42 Å². The molecule has 0 saturated heterocycles. The van der Waals surface area contributed by atoms with E-state index in [9.17, 15) is 5.11 Å². The van der Waals surface area contributed by atoms with Crippen molar-refractivity contribution < 1.29 is 5.11 Å². The summed E-state index contributed by atoms with van der Waals surface area (Å²) in [6.07, 6.45) is -0.0518. The summed E-state index contributed by atoms with van der Waals surface area (Å²) in [5.74, 6) is 0. The molecule has 0 radical (unpaired) electrons. The molecule has 0 aliphatic carbocycles. The lowest BCUT2D eigenvalue weighted by Crippen LogP contribution is -2.09. The van der Waals surface area contributed by atoms with Crippen molar-refractivity contribution in [3.05, 3.63) is 59.1 Å². The van der Waals surface area contributed by atoms with Crippen molar-refractivity contribution >= 4 is 11.6 Å². The van der Waals surface area contributed by atoms with E-state index >= 15 is 0 Å². The van der Waals surface area contributed by atoms with Crippen LogP contribution in [0.4, 0.5) is 0 Å². The maximum atomic E-state index is 9.61. The molecule has 0 saturated carbocycles. The molecule has 0 spiro atoms. The predicted molar refractivity (Wildman–Crippen MR) is 76.8 cm³/mol. The second-order valence-corrected chi connectivity index (χ2v) is 4.81. The normalized spacial score (nSPS) is 11.8. The molecule has 19 heavy (non-hydrogen) atoms. The van der Waals surface area contributed by atoms with E-state index in [2.05, 4.69) is 0 Å². The van der Waals surface area contributed by atoms with Gasteiger partial charge in [0.1, 0.15) is 0 Å². The van der Waals surface area contributed by atoms with Crippen molar-refractivity contribution in [3.63, 3.8) is 0 Å². The fourth-order valence-corrected chi connectivity index (χ4v) is 2.30. The molecule has 0 heterocycles. The van der Waals surface area contributed by atoms with E-state index in [1.807, 2.05) is 54.6 Å². The molecule has 1 N–H and O–H groups in total. The first kappa shape index (κ1) is 13.6. The lowest BCUT2D eigenvalue weighted by atomic mass is 10.0. The number of rotatable bonds is 4. The van der Waals surface area contributed by atoms with Crippen LogP contribution in [0.25, 0.3) is 11.1 Å². The second-order valence-electron chi connectivity index (χ2n) is 4.40. The van der Waals surface area contributed by atoms with Crippen LogP contribution in [0.5, 0.6) is 0 Å². The zero-order valence-electron chi connectivity index (χ0n) is 10.4. The SMILES string of the molecule is N#CC[C@H](O)Cc1ccc(-c2ccccc2)c(Cl)c1. The number of nitriles is 1. The summed E-state index contributed by atoms with van der Waals surface area (Å²) in [4.78, 5) is 0. The molecule has 3 heteroatoms. The van der Waals surface area contributed by atoms with Crippen molar-refractivity contribution in [2.45, 2.75) is 18.9 Å². The van der Waals surface area contributed by atoms with Crippen LogP contribution in [0, 0.1) is 11.3 Å². The summed E-state index contributed by atoms with van der Waals surface area (Å²) in [7, 11) is 0. The van der Waals surface area contributed by atoms with E-state index in [1.54, 1.807) is 0 Å². The van der Waals surface area contributed by atoms with E-state index in [0.717, 1.165) is 16.7 Å². The Hall–Kier alpha value is -1.82. The van der Waals surface area contributed by atoms with Gasteiger partial charge in [0.25, 0.3) is 0 Å². The van der Waals surface area contributed by atoms with Crippen molar-refractivity contribution in [2.24, 2.45) is 0 Å². The third kappa shape index (κ3) is 3.57. The molecule has 2 nitrogen and oxygen atoms in total. The summed E-state index contributed by atoms with van der Waals surface area (Å²) in [6.45, 7) is 0. The second kappa shape index (κ2) is 6.38. The van der Waals surface area contributed by atoms with Gasteiger partial charge in [-0.2, -0.15) is 5.26 Å². The Morgan fingerprint density at radius 1 is 1.16 bits per heavy atom. The summed E-state index contributed by atoms with van der Waals surface area (Å²) < 4.78 is 0. The zero-order chi connectivity index (χ0) is 13.7. The van der Waals surface area contributed by atoms with Crippen molar-refractivity contribution in [1.82, 2.24) is 0 Å². The van der Waals surface area contributed by atoms with Crippen LogP contribution in [0.2, 0.25) is 5.02 Å². The monoisotopic (exact) mass is 271 g/mol. The lowest BCUT2D eigenvalue weighted by Gasteiger charge is -2.09. The minimum absolute atomic E-state index is 0.137. The largest absolute Gasteiger partial charge is 0.392 e. The fraction of sp³-hybridized carbons (Fsp3) is 0.188. The highest BCUT2D eigenvalue weighted by molar-refractivity contribution is 6.33. The molecule has 96 valence electrons. The number of nitrogens with zero attached hydrogens (tertiary/aromatic N) is 1. The molecule has 2 aromatic rings. The van der Waals surface area contributed by atoms with E-state index in [1.165, 1.54) is 0 Å². The van der Waals surface area contributed by atoms with Gasteiger partial charge in [-0.3, -0.25) is 0 Å². The van der Waals surface area contributed by atoms with Crippen LogP contribution in [0.3, 0.4) is 0 Å². The standard InChI is InChI=1S/C16H14ClNO/c17-16-11-12(10-14(19)8-9-18)6-7-15(16)13-4-2-1-3-5-13/h1-7,11,14,19H,8,10H2/t14-/m0/s1. The number of benzene rings is 2. The van der Waals surface area contributed by atoms with Gasteiger partial charge in [0.15, 0.2) is 0 Å². The van der Waals surface area contributed by atoms with Gasteiger partial charge < -0.3 is 5.11 Å². The molecule has 0 fully saturated rings. The molecule has 1 atom stereocenters. The Balaban J connectivity index is 2.21. The molecule has 0 amide bonds. The highest BCUT2D eigenvalue weighted by atomic mass is 35.5. The van der Waals surface area contributed by atoms with Crippen LogP contribution >= 0.6 is 11.6 Å². The van der Waals surface area contributed by atoms with Crippen molar-refractivity contribution in [3.8, 4) is 17.2 Å². The number of hydrogen-bond acceptors (Lipinski definition) is 2. The van der Waals surface area contributed by atoms with E-state index in [4.69, 9.17) is 16.9 Å². The summed E-state index contributed by atoms with van der Waals surface area (Å²) in [5.41, 5.74) is 2.98. The Bertz CT molecular complexity index is 589. The Morgan fingerprint density at radius 3 is 2.53 bits per heavy atom. The third-order valence-corrected chi connectivity index (χ3v) is 3.23. The average Bonchev–Trinajstić information content (AvgIpc) is 2.40. The first-order chi connectivity index (χ1) is 9.20. The number of aliphatic hydroxyl groups is 1. The van der Waals surface area contributed by atoms with Crippen LogP contribution in [0.1, 0.15) is 12.0 Å². The number of halogens is 1. The highest BCUT2D eigenvalue weighted by Gasteiger charge is 2.08. The van der Waals surface area contributed by atoms with Crippen LogP contribution in [0.15, 0.2) is 48.5 Å². The topological polar surface area (TPSA) is 44.0 Å². The quantitative estimate of drug-likeness (QED) is 0.919. The van der Waals surface area contributed by atoms with Gasteiger partial charge in [-0.1, -0.05) is 54.1 Å². The van der Waals surface area contributed by atoms with Gasteiger partial charge in [-0.15, -0.1) is 0 Å². The Labute approximate surface area is 117 Å². The van der Waals surface area contributed by atoms with E-state index in [0.29, 0.717) is 11.4 Å². The van der Waals surface area contributed by atoms with Crippen molar-refractivity contribution in [1.29, 1.82) is 5.26 Å². The van der Waals surface area contributed by atoms with Crippen LogP contribution in [-0.2, 0) is 6.42 Å². The summed E-state index contributed by atoms with van der Waals surface area (Å²) in [6, 6.07) is 17.6. The predicted octanol–water partition coefficient (Wildman–Crippen LogP) is 3.82. The van der Waals surface area contributed by atoms with Crippen LogP contribution in [-0.4, -0.2) is 11.2 Å². The molecular formula is C16H14ClNO. The molecule has 0 aliphatic heterocycles. The first-order valence-electron chi connectivity index (χ1n) is 6.09. The molecule has 0 aliphatic rings. The lowest BCUT2D eigenvalue weighted by molar-refractivity contribution is 0.180. The number of aliphatic hydroxyl groups excluding tert-OH is 1. The first-order valence-corrected chi connectivity index (χ1v) is 6.47. The van der Waals surface area contributed by atoms with Crippen LogP contribution < -0.4 is 0 Å². The molecule has 0 bridgehead atoms. The maximum absolute atomic E-state index is 9.61. The minimum atomic E-state index is -0.636. The smallest absolute Gasteiger partial charge is 0.0710 e. The highest BCUT2D eigenvalue weighted by Crippen LogP contribution is 2.28. The third-order valence-electron chi connectivity index (χ3n) is 2.92. The zero-order valence-corrected chi connectivity index (χ0v) is 11.1. The molecule has 2 aromatic carbocycles. The van der Waals surface area contributed by atoms with Gasteiger partial charge in [-0.05, 0) is 23.6 Å². The molecule has 0 unspecified atom stereocenters. The van der Waals surface area contributed by atoms with Gasteiger partial charge in [0.2, 0.25) is 0 Å². The summed E-state index contributed by atoms with van der Waals surface area (Å²) in [5, 5.41) is 18.8. The van der Waals surface area contributed by atoms with Gasteiger partial charge in [-0.25, -0.2) is 0 Å². The van der Waals surface area contributed by atoms with Gasteiger partial charge in [0, 0.05) is 10.6 Å². The average molecular weight is 272 g/mol. The van der Waals surface area contributed by atoms with Crippen molar-refractivity contribution in [2.75, 3.05) is 0 Å². The molecular weight excluding hydrogens is 258 g/mol. The maximum Gasteiger partial charge on any atom is 0.0710 e. The fourth-order valence-electron chi connectivity index (χ4n) is 1.99. The minimum Gasteiger partial charge on any atom is -0.392 e. The molecule has 2 rings (SSSR count). The van der Waals surface area contributed by atoms with Gasteiger partial charge >= 0.3 is 0 Å². The number of hydrogen-bond donors (Lipinski definition) is 1. The molecule has 0 aromatic heterocycles.